The molecule has 0 saturated heterocycles. The molecule has 7 heteroatoms. The van der Waals surface area contributed by atoms with E-state index in [1.54, 1.807) is 7.05 Å². The molecule has 2 rings (SSSR count). The highest BCUT2D eigenvalue weighted by Crippen LogP contribution is 2.21. The third kappa shape index (κ3) is 5.70. The van der Waals surface area contributed by atoms with Crippen molar-refractivity contribution < 1.29 is 0 Å². The Bertz CT molecular complexity index is 675. The molecule has 0 aliphatic rings. The number of benzene rings is 1. The molecule has 0 aliphatic carbocycles. The lowest BCUT2D eigenvalue weighted by Gasteiger charge is -2.16. The molecule has 0 amide bonds. The van der Waals surface area contributed by atoms with Crippen molar-refractivity contribution >= 4 is 58.4 Å². The molecule has 24 heavy (non-hydrogen) atoms. The average Bonchev–Trinajstić information content (AvgIpc) is 2.57. The standard InChI is InChI=1S/C17H25N5S.HI/c1-18-17(19-9-10-23-4)20-12-13-11-16(22(2)3)21-15-8-6-5-7-14(13)15;/h5-8,11H,9-10,12H2,1-4H3,(H2,18,19,20);1H. The molecular weight excluding hydrogens is 433 g/mol. The molecule has 0 bridgehead atoms. The van der Waals surface area contributed by atoms with Gasteiger partial charge in [0, 0.05) is 45.4 Å². The Morgan fingerprint density at radius 2 is 2.00 bits per heavy atom. The Morgan fingerprint density at radius 3 is 2.67 bits per heavy atom. The number of nitrogens with zero attached hydrogens (tertiary/aromatic N) is 3. The molecule has 0 aliphatic heterocycles. The fourth-order valence-corrected chi connectivity index (χ4v) is 2.58. The van der Waals surface area contributed by atoms with Gasteiger partial charge in [-0.2, -0.15) is 11.8 Å². The zero-order chi connectivity index (χ0) is 16.7. The number of hydrogen-bond acceptors (Lipinski definition) is 4. The van der Waals surface area contributed by atoms with Gasteiger partial charge >= 0.3 is 0 Å². The van der Waals surface area contributed by atoms with Crippen molar-refractivity contribution in [1.29, 1.82) is 0 Å². The van der Waals surface area contributed by atoms with E-state index in [1.165, 1.54) is 10.9 Å². The molecule has 0 saturated carbocycles. The van der Waals surface area contributed by atoms with Crippen LogP contribution in [0.25, 0.3) is 10.9 Å². The highest BCUT2D eigenvalue weighted by molar-refractivity contribution is 14.0. The van der Waals surface area contributed by atoms with Gasteiger partial charge in [0.05, 0.1) is 5.52 Å². The molecular formula is C17H26IN5S. The second-order valence-corrected chi connectivity index (χ2v) is 6.38. The van der Waals surface area contributed by atoms with Crippen molar-refractivity contribution in [2.75, 3.05) is 44.6 Å². The summed E-state index contributed by atoms with van der Waals surface area (Å²) in [4.78, 5) is 11.0. The number of rotatable bonds is 6. The second kappa shape index (κ2) is 10.6. The van der Waals surface area contributed by atoms with Gasteiger partial charge in [-0.05, 0) is 24.0 Å². The van der Waals surface area contributed by atoms with Crippen LogP contribution in [-0.4, -0.2) is 50.6 Å². The Hall–Kier alpha value is -1.22. The molecule has 2 N–H and O–H groups in total. The van der Waals surface area contributed by atoms with E-state index in [2.05, 4.69) is 40.1 Å². The highest BCUT2D eigenvalue weighted by atomic mass is 127. The zero-order valence-electron chi connectivity index (χ0n) is 14.7. The minimum Gasteiger partial charge on any atom is -0.363 e. The number of aliphatic imine (C=N–C) groups is 1. The first-order valence-corrected chi connectivity index (χ1v) is 9.04. The lowest BCUT2D eigenvalue weighted by atomic mass is 10.1. The predicted molar refractivity (Wildman–Crippen MR) is 118 cm³/mol. The van der Waals surface area contributed by atoms with Gasteiger partial charge in [-0.1, -0.05) is 18.2 Å². The van der Waals surface area contributed by atoms with Gasteiger partial charge in [-0.15, -0.1) is 24.0 Å². The smallest absolute Gasteiger partial charge is 0.191 e. The predicted octanol–water partition coefficient (Wildman–Crippen LogP) is 2.95. The molecule has 1 aromatic carbocycles. The third-order valence-electron chi connectivity index (χ3n) is 3.52. The summed E-state index contributed by atoms with van der Waals surface area (Å²) in [6.45, 7) is 1.61. The molecule has 2 aromatic rings. The first kappa shape index (κ1) is 20.8. The first-order valence-electron chi connectivity index (χ1n) is 7.65. The highest BCUT2D eigenvalue weighted by Gasteiger charge is 2.07. The number of nitrogens with one attached hydrogen (secondary N) is 2. The summed E-state index contributed by atoms with van der Waals surface area (Å²) in [5.41, 5.74) is 2.23. The van der Waals surface area contributed by atoms with Crippen LogP contribution in [0.4, 0.5) is 5.82 Å². The van der Waals surface area contributed by atoms with Crippen molar-refractivity contribution in [2.45, 2.75) is 6.54 Å². The van der Waals surface area contributed by atoms with E-state index in [0.717, 1.165) is 29.6 Å². The summed E-state index contributed by atoms with van der Waals surface area (Å²) in [6.07, 6.45) is 2.10. The largest absolute Gasteiger partial charge is 0.363 e. The number of para-hydroxylation sites is 1. The van der Waals surface area contributed by atoms with Gasteiger partial charge in [-0.3, -0.25) is 4.99 Å². The lowest BCUT2D eigenvalue weighted by molar-refractivity contribution is 0.835. The van der Waals surface area contributed by atoms with Crippen LogP contribution < -0.4 is 15.5 Å². The van der Waals surface area contributed by atoms with Gasteiger partial charge < -0.3 is 15.5 Å². The maximum absolute atomic E-state index is 4.69. The summed E-state index contributed by atoms with van der Waals surface area (Å²) in [6, 6.07) is 10.4. The van der Waals surface area contributed by atoms with Crippen LogP contribution in [0.2, 0.25) is 0 Å². The number of aromatic nitrogens is 1. The summed E-state index contributed by atoms with van der Waals surface area (Å²) in [7, 11) is 5.82. The number of hydrogen-bond donors (Lipinski definition) is 2. The minimum atomic E-state index is 0. The van der Waals surface area contributed by atoms with Crippen molar-refractivity contribution in [3.05, 3.63) is 35.9 Å². The van der Waals surface area contributed by atoms with Gasteiger partial charge in [0.15, 0.2) is 5.96 Å². The van der Waals surface area contributed by atoms with Gasteiger partial charge in [0.1, 0.15) is 5.82 Å². The number of pyridine rings is 1. The van der Waals surface area contributed by atoms with Crippen LogP contribution in [0.3, 0.4) is 0 Å². The molecule has 5 nitrogen and oxygen atoms in total. The number of thioether (sulfide) groups is 1. The van der Waals surface area contributed by atoms with Crippen LogP contribution in [0, 0.1) is 0 Å². The van der Waals surface area contributed by atoms with Crippen molar-refractivity contribution in [3.63, 3.8) is 0 Å². The van der Waals surface area contributed by atoms with Crippen LogP contribution in [0.1, 0.15) is 5.56 Å². The quantitative estimate of drug-likeness (QED) is 0.301. The third-order valence-corrected chi connectivity index (χ3v) is 4.13. The van der Waals surface area contributed by atoms with Crippen molar-refractivity contribution in [3.8, 4) is 0 Å². The lowest BCUT2D eigenvalue weighted by Crippen LogP contribution is -2.38. The van der Waals surface area contributed by atoms with Crippen LogP contribution in [0.15, 0.2) is 35.3 Å². The molecule has 1 aromatic heterocycles. The minimum absolute atomic E-state index is 0. The van der Waals surface area contributed by atoms with Crippen LogP contribution in [0.5, 0.6) is 0 Å². The molecule has 0 unspecified atom stereocenters. The Labute approximate surface area is 165 Å². The van der Waals surface area contributed by atoms with Crippen molar-refractivity contribution in [2.24, 2.45) is 4.99 Å². The van der Waals surface area contributed by atoms with E-state index in [0.29, 0.717) is 6.54 Å². The number of anilines is 1. The van der Waals surface area contributed by atoms with Crippen LogP contribution >= 0.6 is 35.7 Å². The average molecular weight is 459 g/mol. The summed E-state index contributed by atoms with van der Waals surface area (Å²) < 4.78 is 0. The molecule has 0 atom stereocenters. The maximum Gasteiger partial charge on any atom is 0.191 e. The van der Waals surface area contributed by atoms with E-state index in [4.69, 9.17) is 4.98 Å². The molecule has 132 valence electrons. The first-order chi connectivity index (χ1) is 11.2. The maximum atomic E-state index is 4.69. The zero-order valence-corrected chi connectivity index (χ0v) is 17.8. The Kier molecular flexibility index (Phi) is 9.20. The second-order valence-electron chi connectivity index (χ2n) is 5.40. The fraction of sp³-hybridized carbons (Fsp3) is 0.412. The van der Waals surface area contributed by atoms with E-state index in [-0.39, 0.29) is 24.0 Å². The monoisotopic (exact) mass is 459 g/mol. The van der Waals surface area contributed by atoms with E-state index < -0.39 is 0 Å². The summed E-state index contributed by atoms with van der Waals surface area (Å²) >= 11 is 1.82. The fourth-order valence-electron chi connectivity index (χ4n) is 2.28. The van der Waals surface area contributed by atoms with E-state index >= 15 is 0 Å². The normalized spacial score (nSPS) is 11.1. The van der Waals surface area contributed by atoms with E-state index in [1.807, 2.05) is 42.9 Å². The van der Waals surface area contributed by atoms with Gasteiger partial charge in [0.2, 0.25) is 0 Å². The SMILES string of the molecule is CN=C(NCCSC)NCc1cc(N(C)C)nc2ccccc12.I. The molecule has 1 heterocycles. The number of fused-ring (bicyclic) bond motifs is 1. The molecule has 0 radical (unpaired) electrons. The molecule has 0 fully saturated rings. The summed E-state index contributed by atoms with van der Waals surface area (Å²) in [5.74, 6) is 2.85. The topological polar surface area (TPSA) is 52.6 Å². The Morgan fingerprint density at radius 1 is 1.25 bits per heavy atom. The van der Waals surface area contributed by atoms with Crippen LogP contribution in [-0.2, 0) is 6.54 Å². The number of halogens is 1. The van der Waals surface area contributed by atoms with Gasteiger partial charge in [0.25, 0.3) is 0 Å². The molecule has 0 spiro atoms. The Balaban J connectivity index is 0.00000288. The van der Waals surface area contributed by atoms with Gasteiger partial charge in [-0.25, -0.2) is 4.98 Å². The summed E-state index contributed by atoms with van der Waals surface area (Å²) in [5, 5.41) is 7.88. The van der Waals surface area contributed by atoms with E-state index in [9.17, 15) is 0 Å². The number of guanidine groups is 1. The van der Waals surface area contributed by atoms with Crippen molar-refractivity contribution in [1.82, 2.24) is 15.6 Å².